The predicted octanol–water partition coefficient (Wildman–Crippen LogP) is 0.194. The van der Waals surface area contributed by atoms with Gasteiger partial charge < -0.3 is 14.5 Å². The van der Waals surface area contributed by atoms with Gasteiger partial charge in [0.05, 0.1) is 12.8 Å². The zero-order chi connectivity index (χ0) is 14.0. The Labute approximate surface area is 113 Å². The number of rotatable bonds is 4. The van der Waals surface area contributed by atoms with Gasteiger partial charge in [-0.2, -0.15) is 4.68 Å². The topological polar surface area (TPSA) is 142 Å². The molecule has 2 aromatic heterocycles. The Morgan fingerprint density at radius 2 is 2.42 bits per heavy atom. The molecule has 19 heavy (non-hydrogen) atoms. The molecule has 2 rings (SSSR count). The van der Waals surface area contributed by atoms with Gasteiger partial charge in [0.15, 0.2) is 5.76 Å². The summed E-state index contributed by atoms with van der Waals surface area (Å²) in [6.45, 7) is 0.0701. The van der Waals surface area contributed by atoms with E-state index >= 15 is 0 Å². The average molecular weight is 331 g/mol. The number of furan rings is 1. The summed E-state index contributed by atoms with van der Waals surface area (Å²) in [5.74, 6) is 3.87. The Kier molecular flexibility index (Phi) is 3.57. The minimum absolute atomic E-state index is 0.00699. The van der Waals surface area contributed by atoms with Crippen LogP contribution in [0.4, 0.5) is 5.95 Å². The van der Waals surface area contributed by atoms with Crippen molar-refractivity contribution in [3.05, 3.63) is 38.5 Å². The molecule has 0 unspecified atom stereocenters. The second kappa shape index (κ2) is 5.16. The standard InChI is InChI=1S/C8H7BrN6O4/c9-7-11-8(15(17)18)13-14(7)3-4-1-2-19-5(4)6(16)12-10/h1-2H,3,10H2,(H,12,16). The van der Waals surface area contributed by atoms with Crippen LogP contribution in [0.5, 0.6) is 0 Å². The lowest BCUT2D eigenvalue weighted by Gasteiger charge is -1.99. The highest BCUT2D eigenvalue weighted by atomic mass is 79.9. The summed E-state index contributed by atoms with van der Waals surface area (Å²) >= 11 is 3.04. The number of nitrogens with two attached hydrogens (primary N) is 1. The van der Waals surface area contributed by atoms with Crippen LogP contribution in [0.25, 0.3) is 0 Å². The van der Waals surface area contributed by atoms with Crippen LogP contribution in [0.2, 0.25) is 0 Å². The zero-order valence-electron chi connectivity index (χ0n) is 9.24. The molecule has 0 fully saturated rings. The largest absolute Gasteiger partial charge is 0.492 e. The average Bonchev–Trinajstić information content (AvgIpc) is 2.97. The van der Waals surface area contributed by atoms with Crippen LogP contribution in [0.3, 0.4) is 0 Å². The minimum atomic E-state index is -0.718. The van der Waals surface area contributed by atoms with Gasteiger partial charge in [0.2, 0.25) is 0 Å². The molecule has 2 heterocycles. The number of nitrogens with one attached hydrogen (secondary N) is 1. The van der Waals surface area contributed by atoms with E-state index in [2.05, 4.69) is 26.0 Å². The normalized spacial score (nSPS) is 10.4. The molecule has 11 heteroatoms. The van der Waals surface area contributed by atoms with Gasteiger partial charge in [-0.15, -0.1) is 0 Å². The lowest BCUT2D eigenvalue weighted by Crippen LogP contribution is -2.30. The summed E-state index contributed by atoms with van der Waals surface area (Å²) in [5.41, 5.74) is 2.40. The molecule has 0 spiro atoms. The highest BCUT2D eigenvalue weighted by Crippen LogP contribution is 2.17. The van der Waals surface area contributed by atoms with Crippen LogP contribution in [0.15, 0.2) is 21.5 Å². The SMILES string of the molecule is NNC(=O)c1occc1Cn1nc([N+](=O)[O-])nc1Br. The van der Waals surface area contributed by atoms with E-state index in [9.17, 15) is 14.9 Å². The molecule has 0 radical (unpaired) electrons. The van der Waals surface area contributed by atoms with E-state index in [1.54, 1.807) is 0 Å². The molecule has 2 aromatic rings. The number of amides is 1. The van der Waals surface area contributed by atoms with Gasteiger partial charge >= 0.3 is 11.9 Å². The van der Waals surface area contributed by atoms with E-state index in [0.29, 0.717) is 5.56 Å². The molecule has 0 atom stereocenters. The molecule has 0 bridgehead atoms. The molecule has 0 saturated carbocycles. The maximum atomic E-state index is 11.4. The number of halogens is 1. The number of hydrogen-bond acceptors (Lipinski definition) is 7. The Morgan fingerprint density at radius 3 is 3.00 bits per heavy atom. The van der Waals surface area contributed by atoms with Gasteiger partial charge in [-0.3, -0.25) is 10.2 Å². The molecule has 0 aliphatic heterocycles. The fraction of sp³-hybridized carbons (Fsp3) is 0.125. The first-order valence-electron chi connectivity index (χ1n) is 4.85. The molecule has 100 valence electrons. The number of carbonyl (C=O) groups excluding carboxylic acids is 1. The van der Waals surface area contributed by atoms with Crippen LogP contribution >= 0.6 is 15.9 Å². The molecule has 0 aliphatic carbocycles. The van der Waals surface area contributed by atoms with E-state index < -0.39 is 16.8 Å². The maximum Gasteiger partial charge on any atom is 0.492 e. The van der Waals surface area contributed by atoms with Crippen LogP contribution < -0.4 is 11.3 Å². The summed E-state index contributed by atoms with van der Waals surface area (Å²) < 4.78 is 6.37. The van der Waals surface area contributed by atoms with Crippen molar-refractivity contribution in [1.82, 2.24) is 20.2 Å². The first kappa shape index (κ1) is 13.2. The smallest absolute Gasteiger partial charge is 0.459 e. The summed E-state index contributed by atoms with van der Waals surface area (Å²) in [5, 5.41) is 14.2. The Hall–Kier alpha value is -2.27. The highest BCUT2D eigenvalue weighted by molar-refractivity contribution is 9.10. The van der Waals surface area contributed by atoms with Crippen LogP contribution in [-0.2, 0) is 6.54 Å². The molecular formula is C8H7BrN6O4. The summed E-state index contributed by atoms with van der Waals surface area (Å²) in [6.07, 6.45) is 1.30. The summed E-state index contributed by atoms with van der Waals surface area (Å²) in [4.78, 5) is 24.8. The lowest BCUT2D eigenvalue weighted by atomic mass is 10.2. The van der Waals surface area contributed by atoms with Crippen molar-refractivity contribution >= 4 is 27.8 Å². The van der Waals surface area contributed by atoms with E-state index in [-0.39, 0.29) is 17.0 Å². The molecule has 3 N–H and O–H groups in total. The Balaban J connectivity index is 2.29. The van der Waals surface area contributed by atoms with E-state index in [1.807, 2.05) is 5.43 Å². The van der Waals surface area contributed by atoms with Crippen molar-refractivity contribution in [2.75, 3.05) is 0 Å². The van der Waals surface area contributed by atoms with Crippen LogP contribution in [-0.4, -0.2) is 25.6 Å². The van der Waals surface area contributed by atoms with Crippen molar-refractivity contribution < 1.29 is 14.1 Å². The predicted molar refractivity (Wildman–Crippen MR) is 63.8 cm³/mol. The monoisotopic (exact) mass is 330 g/mol. The molecule has 1 amide bonds. The van der Waals surface area contributed by atoms with Crippen molar-refractivity contribution in [3.8, 4) is 0 Å². The van der Waals surface area contributed by atoms with Gasteiger partial charge in [-0.25, -0.2) is 5.84 Å². The quantitative estimate of drug-likeness (QED) is 0.352. The van der Waals surface area contributed by atoms with Gasteiger partial charge in [0, 0.05) is 26.6 Å². The first-order valence-corrected chi connectivity index (χ1v) is 5.64. The van der Waals surface area contributed by atoms with E-state index in [1.165, 1.54) is 17.0 Å². The van der Waals surface area contributed by atoms with Crippen LogP contribution in [0, 0.1) is 10.1 Å². The fourth-order valence-corrected chi connectivity index (χ4v) is 1.74. The number of hydrogen-bond donors (Lipinski definition) is 2. The first-order chi connectivity index (χ1) is 9.02. The maximum absolute atomic E-state index is 11.4. The zero-order valence-corrected chi connectivity index (χ0v) is 10.8. The number of nitrogen functional groups attached to an aromatic ring is 1. The molecule has 0 aliphatic rings. The second-order valence-corrected chi connectivity index (χ2v) is 4.05. The third-order valence-electron chi connectivity index (χ3n) is 2.18. The molecule has 10 nitrogen and oxygen atoms in total. The number of hydrazine groups is 1. The second-order valence-electron chi connectivity index (χ2n) is 3.34. The Bertz CT molecular complexity index is 635. The third kappa shape index (κ3) is 2.61. The van der Waals surface area contributed by atoms with Gasteiger partial charge in [-0.05, 0) is 16.0 Å². The van der Waals surface area contributed by atoms with Crippen molar-refractivity contribution in [2.24, 2.45) is 5.84 Å². The number of aromatic nitrogens is 3. The van der Waals surface area contributed by atoms with Crippen molar-refractivity contribution in [2.45, 2.75) is 6.54 Å². The minimum Gasteiger partial charge on any atom is -0.459 e. The molecule has 0 saturated heterocycles. The van der Waals surface area contributed by atoms with Gasteiger partial charge in [0.1, 0.15) is 0 Å². The fourth-order valence-electron chi connectivity index (χ4n) is 1.38. The number of nitro groups is 1. The van der Waals surface area contributed by atoms with Crippen molar-refractivity contribution in [1.29, 1.82) is 0 Å². The molecule has 0 aromatic carbocycles. The number of carbonyl (C=O) groups is 1. The number of nitrogens with zero attached hydrogens (tertiary/aromatic N) is 4. The van der Waals surface area contributed by atoms with Gasteiger partial charge in [-0.1, -0.05) is 0 Å². The van der Waals surface area contributed by atoms with E-state index in [4.69, 9.17) is 10.3 Å². The van der Waals surface area contributed by atoms with Crippen LogP contribution in [0.1, 0.15) is 16.1 Å². The van der Waals surface area contributed by atoms with Crippen molar-refractivity contribution in [3.63, 3.8) is 0 Å². The summed E-state index contributed by atoms with van der Waals surface area (Å²) in [6, 6.07) is 1.53. The summed E-state index contributed by atoms with van der Waals surface area (Å²) in [7, 11) is 0. The third-order valence-corrected chi connectivity index (χ3v) is 2.77. The Morgan fingerprint density at radius 1 is 1.68 bits per heavy atom. The lowest BCUT2D eigenvalue weighted by molar-refractivity contribution is -0.394. The highest BCUT2D eigenvalue weighted by Gasteiger charge is 2.22. The van der Waals surface area contributed by atoms with Gasteiger partial charge in [0.25, 0.3) is 4.73 Å². The van der Waals surface area contributed by atoms with E-state index in [0.717, 1.165) is 0 Å². The molecular weight excluding hydrogens is 324 g/mol.